The van der Waals surface area contributed by atoms with Gasteiger partial charge in [0.1, 0.15) is 0 Å². The van der Waals surface area contributed by atoms with Crippen molar-refractivity contribution in [1.82, 2.24) is 5.32 Å². The van der Waals surface area contributed by atoms with Crippen molar-refractivity contribution in [3.63, 3.8) is 0 Å². The normalized spacial score (nSPS) is 11.8. The number of hydrogen-bond donors (Lipinski definition) is 2. The molecule has 1 atom stereocenters. The van der Waals surface area contributed by atoms with Gasteiger partial charge in [-0.15, -0.1) is 0 Å². The molecule has 2 aromatic rings. The average Bonchev–Trinajstić information content (AvgIpc) is 2.50. The van der Waals surface area contributed by atoms with Crippen LogP contribution in [0.3, 0.4) is 0 Å². The Hall–Kier alpha value is -2.62. The zero-order valence-electron chi connectivity index (χ0n) is 13.6. The van der Waals surface area contributed by atoms with E-state index in [2.05, 4.69) is 11.4 Å². The molecule has 23 heavy (non-hydrogen) atoms. The molecule has 2 N–H and O–H groups in total. The van der Waals surface area contributed by atoms with Crippen LogP contribution in [0.5, 0.6) is 0 Å². The van der Waals surface area contributed by atoms with Gasteiger partial charge in [-0.05, 0) is 49.1 Å². The van der Waals surface area contributed by atoms with Gasteiger partial charge < -0.3 is 10.4 Å². The molecule has 0 saturated heterocycles. The van der Waals surface area contributed by atoms with E-state index in [4.69, 9.17) is 5.11 Å². The van der Waals surface area contributed by atoms with E-state index in [0.29, 0.717) is 5.56 Å². The Morgan fingerprint density at radius 2 is 1.78 bits per heavy atom. The number of hydrogen-bond acceptors (Lipinski definition) is 2. The van der Waals surface area contributed by atoms with Crippen molar-refractivity contribution in [2.75, 3.05) is 0 Å². The largest absolute Gasteiger partial charge is 0.478 e. The predicted molar refractivity (Wildman–Crippen MR) is 89.6 cm³/mol. The molecule has 0 spiro atoms. The van der Waals surface area contributed by atoms with Crippen molar-refractivity contribution in [1.29, 1.82) is 0 Å². The molecule has 0 aliphatic carbocycles. The minimum absolute atomic E-state index is 0.0532. The van der Waals surface area contributed by atoms with Crippen LogP contribution in [0.1, 0.15) is 45.6 Å². The molecule has 0 bridgehead atoms. The lowest BCUT2D eigenvalue weighted by atomic mass is 10.0. The van der Waals surface area contributed by atoms with Crippen LogP contribution in [0.2, 0.25) is 0 Å². The van der Waals surface area contributed by atoms with Crippen LogP contribution in [0.4, 0.5) is 0 Å². The molecule has 1 unspecified atom stereocenters. The lowest BCUT2D eigenvalue weighted by Crippen LogP contribution is -2.28. The summed E-state index contributed by atoms with van der Waals surface area (Å²) in [6, 6.07) is 12.5. The second kappa shape index (κ2) is 7.09. The summed E-state index contributed by atoms with van der Waals surface area (Å²) in [5, 5.41) is 12.1. The summed E-state index contributed by atoms with van der Waals surface area (Å²) in [6.07, 6.45) is 0.0532. The summed E-state index contributed by atoms with van der Waals surface area (Å²) in [6.45, 7) is 6.01. The zero-order chi connectivity index (χ0) is 17.0. The standard InChI is InChI=1S/C19H21NO3/c1-12-8-9-15(10-13(12)2)14(3)20-18(21)11-16-6-4-5-7-17(16)19(22)23/h4-10,14H,11H2,1-3H3,(H,20,21)(H,22,23). The van der Waals surface area contributed by atoms with Crippen LogP contribution < -0.4 is 5.32 Å². The Labute approximate surface area is 136 Å². The summed E-state index contributed by atoms with van der Waals surface area (Å²) < 4.78 is 0. The first-order valence-electron chi connectivity index (χ1n) is 7.56. The smallest absolute Gasteiger partial charge is 0.335 e. The molecule has 1 amide bonds. The molecule has 0 aliphatic heterocycles. The number of carboxylic acids is 1. The first kappa shape index (κ1) is 16.7. The Balaban J connectivity index is 2.07. The van der Waals surface area contributed by atoms with Crippen molar-refractivity contribution in [2.24, 2.45) is 0 Å². The maximum atomic E-state index is 12.2. The Bertz CT molecular complexity index is 737. The van der Waals surface area contributed by atoms with Crippen LogP contribution >= 0.6 is 0 Å². The van der Waals surface area contributed by atoms with E-state index < -0.39 is 5.97 Å². The van der Waals surface area contributed by atoms with Crippen LogP contribution in [-0.2, 0) is 11.2 Å². The van der Waals surface area contributed by atoms with Gasteiger partial charge in [0.05, 0.1) is 18.0 Å². The molecule has 0 radical (unpaired) electrons. The Morgan fingerprint density at radius 3 is 2.43 bits per heavy atom. The van der Waals surface area contributed by atoms with E-state index in [-0.39, 0.29) is 23.9 Å². The van der Waals surface area contributed by atoms with E-state index in [1.165, 1.54) is 17.2 Å². The predicted octanol–water partition coefficient (Wildman–Crippen LogP) is 3.42. The van der Waals surface area contributed by atoms with Crippen LogP contribution in [0, 0.1) is 13.8 Å². The van der Waals surface area contributed by atoms with Crippen molar-refractivity contribution in [2.45, 2.75) is 33.2 Å². The number of nitrogens with one attached hydrogen (secondary N) is 1. The van der Waals surface area contributed by atoms with Gasteiger partial charge in [-0.25, -0.2) is 4.79 Å². The number of aromatic carboxylic acids is 1. The minimum atomic E-state index is -1.02. The fourth-order valence-corrected chi connectivity index (χ4v) is 2.47. The zero-order valence-corrected chi connectivity index (χ0v) is 13.6. The highest BCUT2D eigenvalue weighted by Crippen LogP contribution is 2.17. The highest BCUT2D eigenvalue weighted by atomic mass is 16.4. The van der Waals surface area contributed by atoms with Crippen LogP contribution in [0.25, 0.3) is 0 Å². The fraction of sp³-hybridized carbons (Fsp3) is 0.263. The molecule has 0 aromatic heterocycles. The van der Waals surface area contributed by atoms with E-state index >= 15 is 0 Å². The van der Waals surface area contributed by atoms with Crippen molar-refractivity contribution in [3.05, 3.63) is 70.3 Å². The summed E-state index contributed by atoms with van der Waals surface area (Å²) >= 11 is 0. The summed E-state index contributed by atoms with van der Waals surface area (Å²) in [4.78, 5) is 23.4. The first-order valence-corrected chi connectivity index (χ1v) is 7.56. The van der Waals surface area contributed by atoms with Gasteiger partial charge in [0.2, 0.25) is 5.91 Å². The van der Waals surface area contributed by atoms with E-state index in [9.17, 15) is 9.59 Å². The molecule has 0 heterocycles. The van der Waals surface area contributed by atoms with Gasteiger partial charge in [0.25, 0.3) is 0 Å². The van der Waals surface area contributed by atoms with E-state index in [1.54, 1.807) is 18.2 Å². The molecular weight excluding hydrogens is 290 g/mol. The summed E-state index contributed by atoms with van der Waals surface area (Å²) in [5.74, 6) is -1.21. The molecule has 0 saturated carbocycles. The molecule has 2 aromatic carbocycles. The van der Waals surface area contributed by atoms with Crippen molar-refractivity contribution in [3.8, 4) is 0 Å². The number of carbonyl (C=O) groups is 2. The SMILES string of the molecule is Cc1ccc(C(C)NC(=O)Cc2ccccc2C(=O)O)cc1C. The number of aryl methyl sites for hydroxylation is 2. The third-order valence-corrected chi connectivity index (χ3v) is 4.01. The lowest BCUT2D eigenvalue weighted by Gasteiger charge is -2.16. The number of benzene rings is 2. The second-order valence-electron chi connectivity index (χ2n) is 5.77. The van der Waals surface area contributed by atoms with E-state index in [1.807, 2.05) is 32.9 Å². The van der Waals surface area contributed by atoms with E-state index in [0.717, 1.165) is 5.56 Å². The van der Waals surface area contributed by atoms with Crippen molar-refractivity contribution >= 4 is 11.9 Å². The molecular formula is C19H21NO3. The monoisotopic (exact) mass is 311 g/mol. The van der Waals surface area contributed by atoms with Gasteiger partial charge >= 0.3 is 5.97 Å². The summed E-state index contributed by atoms with van der Waals surface area (Å²) in [7, 11) is 0. The molecule has 120 valence electrons. The highest BCUT2D eigenvalue weighted by Gasteiger charge is 2.15. The molecule has 4 heteroatoms. The Morgan fingerprint density at radius 1 is 1.09 bits per heavy atom. The minimum Gasteiger partial charge on any atom is -0.478 e. The van der Waals surface area contributed by atoms with Gasteiger partial charge in [0, 0.05) is 0 Å². The van der Waals surface area contributed by atoms with Gasteiger partial charge in [0.15, 0.2) is 0 Å². The topological polar surface area (TPSA) is 66.4 Å². The quantitative estimate of drug-likeness (QED) is 0.889. The van der Waals surface area contributed by atoms with Gasteiger partial charge in [-0.1, -0.05) is 36.4 Å². The molecule has 4 nitrogen and oxygen atoms in total. The number of amides is 1. The maximum absolute atomic E-state index is 12.2. The fourth-order valence-electron chi connectivity index (χ4n) is 2.47. The van der Waals surface area contributed by atoms with Gasteiger partial charge in [-0.2, -0.15) is 0 Å². The third kappa shape index (κ3) is 4.19. The van der Waals surface area contributed by atoms with Crippen LogP contribution in [-0.4, -0.2) is 17.0 Å². The Kier molecular flexibility index (Phi) is 5.16. The van der Waals surface area contributed by atoms with Crippen molar-refractivity contribution < 1.29 is 14.7 Å². The average molecular weight is 311 g/mol. The number of carbonyl (C=O) groups excluding carboxylic acids is 1. The van der Waals surface area contributed by atoms with Gasteiger partial charge in [-0.3, -0.25) is 4.79 Å². The summed E-state index contributed by atoms with van der Waals surface area (Å²) in [5.41, 5.74) is 4.11. The lowest BCUT2D eigenvalue weighted by molar-refractivity contribution is -0.121. The number of carboxylic acid groups (broad SMARTS) is 1. The molecule has 2 rings (SSSR count). The van der Waals surface area contributed by atoms with Crippen LogP contribution in [0.15, 0.2) is 42.5 Å². The highest BCUT2D eigenvalue weighted by molar-refractivity contribution is 5.91. The molecule has 0 aliphatic rings. The second-order valence-corrected chi connectivity index (χ2v) is 5.77. The maximum Gasteiger partial charge on any atom is 0.335 e. The molecule has 0 fully saturated rings. The third-order valence-electron chi connectivity index (χ3n) is 4.01. The first-order chi connectivity index (χ1) is 10.9. The number of rotatable bonds is 5.